The number of nitrogens with one attached hydrogen (secondary N) is 1. The van der Waals surface area contributed by atoms with Gasteiger partial charge in [-0.05, 0) is 52.7 Å². The lowest BCUT2D eigenvalue weighted by Gasteiger charge is -2.08. The van der Waals surface area contributed by atoms with Crippen LogP contribution in [-0.4, -0.2) is 8.42 Å². The van der Waals surface area contributed by atoms with Crippen molar-refractivity contribution in [2.45, 2.75) is 11.1 Å². The predicted octanol–water partition coefficient (Wildman–Crippen LogP) is 4.25. The van der Waals surface area contributed by atoms with Crippen molar-refractivity contribution in [3.63, 3.8) is 0 Å². The van der Waals surface area contributed by atoms with Gasteiger partial charge in [0.1, 0.15) is 10.3 Å². The van der Waals surface area contributed by atoms with Gasteiger partial charge in [-0.2, -0.15) is 5.26 Å². The van der Waals surface area contributed by atoms with Crippen LogP contribution in [0.2, 0.25) is 0 Å². The summed E-state index contributed by atoms with van der Waals surface area (Å²) in [6.07, 6.45) is 0. The summed E-state index contributed by atoms with van der Waals surface area (Å²) in [4.78, 5) is 0. The van der Waals surface area contributed by atoms with Gasteiger partial charge in [-0.25, -0.2) is 8.42 Å². The molecule has 0 aliphatic rings. The van der Waals surface area contributed by atoms with Crippen LogP contribution in [0.15, 0.2) is 36.7 Å². The second kappa shape index (κ2) is 5.85. The van der Waals surface area contributed by atoms with Gasteiger partial charge in [-0.15, -0.1) is 11.3 Å². The van der Waals surface area contributed by atoms with Gasteiger partial charge in [0, 0.05) is 4.47 Å². The molecule has 104 valence electrons. The van der Waals surface area contributed by atoms with Crippen LogP contribution in [0.25, 0.3) is 0 Å². The van der Waals surface area contributed by atoms with E-state index >= 15 is 0 Å². The molecule has 1 N–H and O–H groups in total. The zero-order chi connectivity index (χ0) is 14.9. The minimum atomic E-state index is -3.70. The van der Waals surface area contributed by atoms with Crippen LogP contribution in [0.5, 0.6) is 0 Å². The lowest BCUT2D eigenvalue weighted by atomic mass is 10.2. The fraction of sp³-hybridized carbons (Fsp3) is 0.0833. The van der Waals surface area contributed by atoms with Crippen LogP contribution in [-0.2, 0) is 10.0 Å². The third-order valence-electron chi connectivity index (χ3n) is 2.45. The minimum absolute atomic E-state index is 0.200. The summed E-state index contributed by atoms with van der Waals surface area (Å²) < 4.78 is 28.7. The lowest BCUT2D eigenvalue weighted by molar-refractivity contribution is 0.603. The van der Waals surface area contributed by atoms with E-state index in [9.17, 15) is 8.42 Å². The fourth-order valence-electron chi connectivity index (χ4n) is 1.46. The molecule has 1 heterocycles. The molecule has 8 heteroatoms. The summed E-state index contributed by atoms with van der Waals surface area (Å²) in [6.45, 7) is 1.82. The molecule has 1 aromatic heterocycles. The standard InChI is InChI=1S/C12H8Br2N2O2S2/c1-7-4-11(19-12(7)14)20(17,18)16-10-5-9(13)3-2-8(10)6-15/h2-5,16H,1H3. The molecule has 0 amide bonds. The SMILES string of the molecule is Cc1cc(S(=O)(=O)Nc2cc(Br)ccc2C#N)sc1Br. The molecule has 0 radical (unpaired) electrons. The van der Waals surface area contributed by atoms with E-state index in [1.54, 1.807) is 24.3 Å². The molecular weight excluding hydrogens is 428 g/mol. The number of halogens is 2. The second-order valence-electron chi connectivity index (χ2n) is 3.93. The Kier molecular flexibility index (Phi) is 4.54. The van der Waals surface area contributed by atoms with E-state index in [0.29, 0.717) is 4.47 Å². The Hall–Kier alpha value is -0.880. The first-order chi connectivity index (χ1) is 9.33. The van der Waals surface area contributed by atoms with Gasteiger partial charge in [0.05, 0.1) is 15.0 Å². The summed E-state index contributed by atoms with van der Waals surface area (Å²) in [5.74, 6) is 0. The van der Waals surface area contributed by atoms with Crippen molar-refractivity contribution >= 4 is 58.9 Å². The maximum absolute atomic E-state index is 12.3. The van der Waals surface area contributed by atoms with Crippen molar-refractivity contribution in [1.82, 2.24) is 0 Å². The van der Waals surface area contributed by atoms with E-state index in [0.717, 1.165) is 20.7 Å². The van der Waals surface area contributed by atoms with Crippen molar-refractivity contribution < 1.29 is 8.42 Å². The molecule has 0 bridgehead atoms. The molecule has 0 spiro atoms. The largest absolute Gasteiger partial charge is 0.278 e. The number of sulfonamides is 1. The number of rotatable bonds is 3. The Bertz CT molecular complexity index is 788. The number of anilines is 1. The van der Waals surface area contributed by atoms with Gasteiger partial charge in [0.25, 0.3) is 10.0 Å². The van der Waals surface area contributed by atoms with Crippen molar-refractivity contribution in [1.29, 1.82) is 5.26 Å². The third kappa shape index (κ3) is 3.23. The molecule has 2 rings (SSSR count). The molecule has 2 aromatic rings. The van der Waals surface area contributed by atoms with Crippen LogP contribution >= 0.6 is 43.2 Å². The van der Waals surface area contributed by atoms with E-state index in [-0.39, 0.29) is 15.5 Å². The van der Waals surface area contributed by atoms with Gasteiger partial charge < -0.3 is 0 Å². The summed E-state index contributed by atoms with van der Waals surface area (Å²) in [5.41, 5.74) is 1.37. The summed E-state index contributed by atoms with van der Waals surface area (Å²) in [6, 6.07) is 8.34. The molecule has 0 fully saturated rings. The first-order valence-electron chi connectivity index (χ1n) is 5.32. The normalized spacial score (nSPS) is 11.1. The number of benzene rings is 1. The highest BCUT2D eigenvalue weighted by Crippen LogP contribution is 2.32. The highest BCUT2D eigenvalue weighted by atomic mass is 79.9. The number of aryl methyl sites for hydroxylation is 1. The molecule has 4 nitrogen and oxygen atoms in total. The van der Waals surface area contributed by atoms with Crippen molar-refractivity contribution in [2.75, 3.05) is 4.72 Å². The summed E-state index contributed by atoms with van der Waals surface area (Å²) >= 11 is 7.69. The van der Waals surface area contributed by atoms with Crippen LogP contribution in [0, 0.1) is 18.3 Å². The molecule has 0 unspecified atom stereocenters. The van der Waals surface area contributed by atoms with Crippen LogP contribution in [0.3, 0.4) is 0 Å². The zero-order valence-corrected chi connectivity index (χ0v) is 15.0. The summed E-state index contributed by atoms with van der Waals surface area (Å²) in [5, 5.41) is 9.02. The maximum Gasteiger partial charge on any atom is 0.271 e. The van der Waals surface area contributed by atoms with Crippen molar-refractivity contribution in [2.24, 2.45) is 0 Å². The third-order valence-corrected chi connectivity index (χ3v) is 6.91. The smallest absolute Gasteiger partial charge is 0.271 e. The average Bonchev–Trinajstić information content (AvgIpc) is 2.70. The Balaban J connectivity index is 2.43. The molecule has 1 aromatic carbocycles. The zero-order valence-electron chi connectivity index (χ0n) is 10.1. The van der Waals surface area contributed by atoms with Gasteiger partial charge in [-0.3, -0.25) is 4.72 Å². The molecule has 0 aliphatic carbocycles. The van der Waals surface area contributed by atoms with Crippen molar-refractivity contribution in [3.05, 3.63) is 43.7 Å². The first-order valence-corrected chi connectivity index (χ1v) is 9.20. The van der Waals surface area contributed by atoms with E-state index in [2.05, 4.69) is 36.6 Å². The van der Waals surface area contributed by atoms with Gasteiger partial charge >= 0.3 is 0 Å². The maximum atomic E-state index is 12.3. The van der Waals surface area contributed by atoms with E-state index in [1.807, 2.05) is 13.0 Å². The highest BCUT2D eigenvalue weighted by molar-refractivity contribution is 9.11. The lowest BCUT2D eigenvalue weighted by Crippen LogP contribution is -2.12. The van der Waals surface area contributed by atoms with Crippen LogP contribution < -0.4 is 4.72 Å². The summed E-state index contributed by atoms with van der Waals surface area (Å²) in [7, 11) is -3.70. The van der Waals surface area contributed by atoms with E-state index < -0.39 is 10.0 Å². The Morgan fingerprint density at radius 3 is 2.55 bits per heavy atom. The monoisotopic (exact) mass is 434 g/mol. The second-order valence-corrected chi connectivity index (χ2v) is 9.12. The van der Waals surface area contributed by atoms with Gasteiger partial charge in [-0.1, -0.05) is 15.9 Å². The molecule has 20 heavy (non-hydrogen) atoms. The molecule has 0 aliphatic heterocycles. The van der Waals surface area contributed by atoms with Gasteiger partial charge in [0.15, 0.2) is 0 Å². The number of hydrogen-bond acceptors (Lipinski definition) is 4. The molecular formula is C12H8Br2N2O2S2. The molecule has 0 saturated heterocycles. The first kappa shape index (κ1) is 15.5. The Morgan fingerprint density at radius 2 is 2.00 bits per heavy atom. The van der Waals surface area contributed by atoms with Crippen LogP contribution in [0.4, 0.5) is 5.69 Å². The van der Waals surface area contributed by atoms with E-state index in [1.165, 1.54) is 0 Å². The topological polar surface area (TPSA) is 70.0 Å². The Morgan fingerprint density at radius 1 is 1.30 bits per heavy atom. The fourth-order valence-corrected chi connectivity index (χ4v) is 5.11. The highest BCUT2D eigenvalue weighted by Gasteiger charge is 2.20. The molecule has 0 saturated carbocycles. The quantitative estimate of drug-likeness (QED) is 0.783. The number of thiophene rings is 1. The average molecular weight is 436 g/mol. The van der Waals surface area contributed by atoms with Crippen molar-refractivity contribution in [3.8, 4) is 6.07 Å². The molecule has 0 atom stereocenters. The number of hydrogen-bond donors (Lipinski definition) is 1. The number of nitriles is 1. The van der Waals surface area contributed by atoms with Gasteiger partial charge in [0.2, 0.25) is 0 Å². The van der Waals surface area contributed by atoms with Crippen LogP contribution in [0.1, 0.15) is 11.1 Å². The predicted molar refractivity (Wildman–Crippen MR) is 86.4 cm³/mol. The minimum Gasteiger partial charge on any atom is -0.278 e. The number of nitrogens with zero attached hydrogens (tertiary/aromatic N) is 1. The van der Waals surface area contributed by atoms with E-state index in [4.69, 9.17) is 5.26 Å². The Labute approximate surface area is 137 Å².